The number of benzene rings is 3. The lowest BCUT2D eigenvalue weighted by Gasteiger charge is -2.33. The fraction of sp³-hybridized carbons (Fsp3) is 0.321. The lowest BCUT2D eigenvalue weighted by molar-refractivity contribution is 0.210. The van der Waals surface area contributed by atoms with Gasteiger partial charge in [0.05, 0.1) is 16.1 Å². The fourth-order valence-electron chi connectivity index (χ4n) is 5.41. The Morgan fingerprint density at radius 2 is 1.75 bits per heavy atom. The predicted octanol–water partition coefficient (Wildman–Crippen LogP) is 5.98. The number of sulfonamides is 1. The first kappa shape index (κ1) is 22.9. The van der Waals surface area contributed by atoms with E-state index in [1.54, 1.807) is 13.1 Å². The number of nitrogens with one attached hydrogen (secondary N) is 1. The third-order valence-electron chi connectivity index (χ3n) is 7.60. The van der Waals surface area contributed by atoms with E-state index in [0.717, 1.165) is 46.8 Å². The van der Waals surface area contributed by atoms with Crippen molar-refractivity contribution in [3.05, 3.63) is 70.4 Å². The summed E-state index contributed by atoms with van der Waals surface area (Å²) in [5, 5.41) is 2.60. The molecule has 3 aromatic carbocycles. The van der Waals surface area contributed by atoms with Crippen LogP contribution in [0.3, 0.4) is 0 Å². The van der Waals surface area contributed by atoms with Gasteiger partial charge in [-0.2, -0.15) is 0 Å². The number of fused-ring (bicyclic) bond motifs is 6. The van der Waals surface area contributed by atoms with Gasteiger partial charge in [-0.3, -0.25) is 9.29 Å². The van der Waals surface area contributed by atoms with Gasteiger partial charge < -0.3 is 8.83 Å². The molecule has 2 heterocycles. The number of hydrogen-bond donors (Lipinski definition) is 1. The number of oxazole rings is 1. The normalized spacial score (nSPS) is 16.6. The molecule has 0 spiro atoms. The lowest BCUT2D eigenvalue weighted by Crippen LogP contribution is -2.26. The zero-order valence-corrected chi connectivity index (χ0v) is 21.5. The van der Waals surface area contributed by atoms with E-state index in [9.17, 15) is 13.2 Å². The Bertz CT molecular complexity index is 1830. The molecule has 0 unspecified atom stereocenters. The molecule has 0 fully saturated rings. The zero-order valence-electron chi connectivity index (χ0n) is 20.7. The average Bonchev–Trinajstić information content (AvgIpc) is 3.34. The highest BCUT2D eigenvalue weighted by Crippen LogP contribution is 2.44. The van der Waals surface area contributed by atoms with E-state index in [2.05, 4.69) is 25.5 Å². The molecule has 0 saturated heterocycles. The van der Waals surface area contributed by atoms with Gasteiger partial charge in [0.15, 0.2) is 5.58 Å². The van der Waals surface area contributed by atoms with Gasteiger partial charge in [-0.05, 0) is 42.4 Å². The Morgan fingerprint density at radius 1 is 1.00 bits per heavy atom. The van der Waals surface area contributed by atoms with Crippen LogP contribution >= 0.6 is 0 Å². The summed E-state index contributed by atoms with van der Waals surface area (Å²) in [4.78, 5) is 11.9. The molecule has 1 aliphatic rings. The van der Waals surface area contributed by atoms with Gasteiger partial charge >= 0.3 is 5.76 Å². The van der Waals surface area contributed by atoms with Crippen LogP contribution in [0.25, 0.3) is 32.8 Å². The molecule has 5 aromatic rings. The second-order valence-electron chi connectivity index (χ2n) is 10.8. The number of hydrogen-bond acceptors (Lipinski definition) is 5. The van der Waals surface area contributed by atoms with E-state index in [4.69, 9.17) is 8.83 Å². The van der Waals surface area contributed by atoms with E-state index < -0.39 is 15.8 Å². The molecule has 0 aliphatic heterocycles. The summed E-state index contributed by atoms with van der Waals surface area (Å²) >= 11 is 0. The quantitative estimate of drug-likeness (QED) is 0.326. The van der Waals surface area contributed by atoms with Crippen molar-refractivity contribution in [2.24, 2.45) is 18.4 Å². The maximum Gasteiger partial charge on any atom is 0.419 e. The van der Waals surface area contributed by atoms with E-state index in [1.165, 1.54) is 22.3 Å². The topological polar surface area (TPSA) is 94.5 Å². The predicted molar refractivity (Wildman–Crippen MR) is 141 cm³/mol. The van der Waals surface area contributed by atoms with Crippen LogP contribution in [0.15, 0.2) is 67.1 Å². The summed E-state index contributed by atoms with van der Waals surface area (Å²) in [6.07, 6.45) is 2.86. The van der Waals surface area contributed by atoms with Crippen LogP contribution in [0, 0.1) is 11.3 Å². The van der Waals surface area contributed by atoms with Gasteiger partial charge in [0.1, 0.15) is 11.3 Å². The van der Waals surface area contributed by atoms with Crippen molar-refractivity contribution in [3.63, 3.8) is 0 Å². The van der Waals surface area contributed by atoms with Crippen LogP contribution in [0.1, 0.15) is 38.5 Å². The molecule has 186 valence electrons. The standard InChI is InChI=1S/C28H28N2O5S/c1-28(2,3)16-9-12-24-20(13-16)21-15-22(18-7-5-6-8-19(18)26(21)34-24)29-36(32,33)17-10-11-23-25(14-17)35-27(31)30(23)4/h5-8,10-11,14-16,29H,9,12-13H2,1-4H3/t16-/m1/s1. The van der Waals surface area contributed by atoms with Crippen LogP contribution in [0.2, 0.25) is 0 Å². The maximum absolute atomic E-state index is 13.5. The number of rotatable bonds is 3. The monoisotopic (exact) mass is 504 g/mol. The number of furan rings is 1. The summed E-state index contributed by atoms with van der Waals surface area (Å²) in [5.74, 6) is 0.979. The second-order valence-corrected chi connectivity index (χ2v) is 12.5. The van der Waals surface area contributed by atoms with Gasteiger partial charge in [-0.25, -0.2) is 13.2 Å². The number of aromatic nitrogens is 1. The highest BCUT2D eigenvalue weighted by molar-refractivity contribution is 7.92. The lowest BCUT2D eigenvalue weighted by atomic mass is 9.71. The summed E-state index contributed by atoms with van der Waals surface area (Å²) in [6, 6.07) is 14.0. The SMILES string of the molecule is Cn1c(=O)oc2cc(S(=O)(=O)Nc3cc4c5c(oc4c4ccccc34)CC[C@@H](C(C)(C)C)C5)ccc21. The second kappa shape index (κ2) is 7.74. The highest BCUT2D eigenvalue weighted by atomic mass is 32.2. The molecule has 6 rings (SSSR count). The average molecular weight is 505 g/mol. The molecule has 1 atom stereocenters. The molecule has 0 amide bonds. The van der Waals surface area contributed by atoms with Crippen LogP contribution in [0.5, 0.6) is 0 Å². The minimum atomic E-state index is -3.96. The summed E-state index contributed by atoms with van der Waals surface area (Å²) in [7, 11) is -2.38. The van der Waals surface area contributed by atoms with E-state index in [1.807, 2.05) is 30.3 Å². The summed E-state index contributed by atoms with van der Waals surface area (Å²) in [5.41, 5.74) is 3.41. The number of nitrogens with zero attached hydrogens (tertiary/aromatic N) is 1. The van der Waals surface area contributed by atoms with Crippen LogP contribution in [-0.4, -0.2) is 13.0 Å². The van der Waals surface area contributed by atoms with Crippen molar-refractivity contribution >= 4 is 48.6 Å². The van der Waals surface area contributed by atoms with Crippen molar-refractivity contribution < 1.29 is 17.3 Å². The molecule has 0 bridgehead atoms. The Balaban J connectivity index is 1.49. The Hall–Kier alpha value is -3.52. The molecule has 1 N–H and O–H groups in total. The first-order chi connectivity index (χ1) is 17.0. The van der Waals surface area contributed by atoms with Crippen molar-refractivity contribution in [1.82, 2.24) is 4.57 Å². The summed E-state index contributed by atoms with van der Waals surface area (Å²) < 4.78 is 42.7. The third-order valence-corrected chi connectivity index (χ3v) is 8.96. The Labute approximate surface area is 208 Å². The molecular weight excluding hydrogens is 476 g/mol. The van der Waals surface area contributed by atoms with Crippen molar-refractivity contribution in [3.8, 4) is 0 Å². The van der Waals surface area contributed by atoms with Gasteiger partial charge in [-0.1, -0.05) is 45.0 Å². The van der Waals surface area contributed by atoms with E-state index in [0.29, 0.717) is 17.1 Å². The zero-order chi connectivity index (χ0) is 25.4. The maximum atomic E-state index is 13.5. The van der Waals surface area contributed by atoms with Gasteiger partial charge in [0.25, 0.3) is 10.0 Å². The van der Waals surface area contributed by atoms with E-state index >= 15 is 0 Å². The molecule has 2 aromatic heterocycles. The number of anilines is 1. The Kier molecular flexibility index (Phi) is 4.92. The third kappa shape index (κ3) is 3.54. The first-order valence-electron chi connectivity index (χ1n) is 12.1. The molecule has 0 radical (unpaired) electrons. The molecule has 1 aliphatic carbocycles. The molecule has 7 nitrogen and oxygen atoms in total. The van der Waals surface area contributed by atoms with Gasteiger partial charge in [-0.15, -0.1) is 0 Å². The van der Waals surface area contributed by atoms with Crippen LogP contribution in [-0.2, 0) is 29.9 Å². The minimum Gasteiger partial charge on any atom is -0.460 e. The molecule has 36 heavy (non-hydrogen) atoms. The minimum absolute atomic E-state index is 0.0237. The number of aryl methyl sites for hydroxylation is 2. The highest BCUT2D eigenvalue weighted by Gasteiger charge is 2.32. The van der Waals surface area contributed by atoms with Gasteiger partial charge in [0.2, 0.25) is 0 Å². The largest absolute Gasteiger partial charge is 0.460 e. The van der Waals surface area contributed by atoms with Crippen LogP contribution < -0.4 is 10.5 Å². The smallest absolute Gasteiger partial charge is 0.419 e. The van der Waals surface area contributed by atoms with E-state index in [-0.39, 0.29) is 15.9 Å². The summed E-state index contributed by atoms with van der Waals surface area (Å²) in [6.45, 7) is 6.81. The van der Waals surface area contributed by atoms with Crippen molar-refractivity contribution in [2.75, 3.05) is 4.72 Å². The molecular formula is C28H28N2O5S. The fourth-order valence-corrected chi connectivity index (χ4v) is 6.49. The Morgan fingerprint density at radius 3 is 2.50 bits per heavy atom. The molecule has 0 saturated carbocycles. The van der Waals surface area contributed by atoms with Crippen molar-refractivity contribution in [2.45, 2.75) is 44.9 Å². The van der Waals surface area contributed by atoms with Gasteiger partial charge in [0, 0.05) is 41.3 Å². The van der Waals surface area contributed by atoms with Crippen molar-refractivity contribution in [1.29, 1.82) is 0 Å². The first-order valence-corrected chi connectivity index (χ1v) is 13.6. The molecule has 8 heteroatoms. The van der Waals surface area contributed by atoms with Crippen LogP contribution in [0.4, 0.5) is 5.69 Å².